The molecule has 1 aromatic carbocycles. The molecule has 15 heavy (non-hydrogen) atoms. The van der Waals surface area contributed by atoms with Crippen LogP contribution in [0.5, 0.6) is 0 Å². The number of nitrogens with zero attached hydrogens (tertiary/aromatic N) is 2. The fourth-order valence-electron chi connectivity index (χ4n) is 1.11. The van der Waals surface area contributed by atoms with Crippen molar-refractivity contribution in [1.29, 1.82) is 5.53 Å². The molecule has 0 fully saturated rings. The summed E-state index contributed by atoms with van der Waals surface area (Å²) >= 11 is 0. The van der Waals surface area contributed by atoms with Gasteiger partial charge in [-0.2, -0.15) is 10.5 Å². The van der Waals surface area contributed by atoms with Crippen LogP contribution in [0.15, 0.2) is 35.6 Å². The van der Waals surface area contributed by atoms with Crippen LogP contribution in [0.4, 0.5) is 5.69 Å². The van der Waals surface area contributed by atoms with E-state index in [1.807, 2.05) is 0 Å². The van der Waals surface area contributed by atoms with Gasteiger partial charge in [-0.05, 0) is 19.1 Å². The van der Waals surface area contributed by atoms with Gasteiger partial charge in [0.25, 0.3) is 5.91 Å². The molecule has 78 valence electrons. The Kier molecular flexibility index (Phi) is 3.68. The molecule has 0 unspecified atom stereocenters. The Morgan fingerprint density at radius 2 is 1.93 bits per heavy atom. The molecule has 0 aromatic heterocycles. The predicted molar refractivity (Wildman–Crippen MR) is 54.4 cm³/mol. The molecule has 1 rings (SSSR count). The van der Waals surface area contributed by atoms with Gasteiger partial charge in [0, 0.05) is 0 Å². The molecule has 0 aliphatic rings. The Hall–Kier alpha value is -2.04. The third-order valence-corrected chi connectivity index (χ3v) is 1.74. The first-order valence-corrected chi connectivity index (χ1v) is 4.40. The van der Waals surface area contributed by atoms with Gasteiger partial charge in [-0.3, -0.25) is 9.59 Å². The van der Waals surface area contributed by atoms with E-state index in [0.29, 0.717) is 5.69 Å². The molecule has 1 N–H and O–H groups in total. The van der Waals surface area contributed by atoms with Crippen LogP contribution in [0.25, 0.3) is 0 Å². The lowest BCUT2D eigenvalue weighted by Crippen LogP contribution is -2.26. The highest BCUT2D eigenvalue weighted by molar-refractivity contribution is 6.04. The zero-order valence-corrected chi connectivity index (χ0v) is 8.30. The number of hydrogen-bond acceptors (Lipinski definition) is 4. The number of anilines is 1. The molecular weight excluding hydrogens is 194 g/mol. The van der Waals surface area contributed by atoms with Gasteiger partial charge in [0.15, 0.2) is 0 Å². The summed E-state index contributed by atoms with van der Waals surface area (Å²) in [4.78, 5) is 22.2. The predicted octanol–water partition coefficient (Wildman–Crippen LogP) is 1.94. The average molecular weight is 205 g/mol. The van der Waals surface area contributed by atoms with Crippen LogP contribution in [0.3, 0.4) is 0 Å². The van der Waals surface area contributed by atoms with Crippen LogP contribution in [0, 0.1) is 5.53 Å². The lowest BCUT2D eigenvalue weighted by atomic mass is 10.2. The van der Waals surface area contributed by atoms with Crippen LogP contribution < -0.4 is 5.01 Å². The first kappa shape index (κ1) is 11.0. The molecule has 0 atom stereocenters. The summed E-state index contributed by atoms with van der Waals surface area (Å²) in [6.07, 6.45) is -0.239. The van der Waals surface area contributed by atoms with Gasteiger partial charge in [-0.15, -0.1) is 0 Å². The van der Waals surface area contributed by atoms with Crippen LogP contribution in [0.1, 0.15) is 13.3 Å². The van der Waals surface area contributed by atoms with Crippen molar-refractivity contribution in [1.82, 2.24) is 0 Å². The second-order valence-electron chi connectivity index (χ2n) is 3.02. The average Bonchev–Trinajstić information content (AvgIpc) is 2.19. The maximum absolute atomic E-state index is 11.5. The Labute approximate surface area is 87.2 Å². The van der Waals surface area contributed by atoms with E-state index in [1.165, 1.54) is 6.92 Å². The highest BCUT2D eigenvalue weighted by atomic mass is 16.2. The number of hydrogen-bond donors (Lipinski definition) is 1. The van der Waals surface area contributed by atoms with Gasteiger partial charge in [0.2, 0.25) is 0 Å². The molecule has 0 spiro atoms. The van der Waals surface area contributed by atoms with Gasteiger partial charge in [0.05, 0.1) is 12.1 Å². The Bertz CT molecular complexity index is 376. The van der Waals surface area contributed by atoms with Crippen molar-refractivity contribution in [3.8, 4) is 0 Å². The molecular formula is C10H11N3O2. The standard InChI is InChI=1S/C10H11N3O2/c1-8(14)7-10(15)13(12-11)9-5-3-2-4-6-9/h2-6,11H,7H2,1H3. The Balaban J connectivity index is 2.85. The zero-order chi connectivity index (χ0) is 11.3. The first-order valence-electron chi connectivity index (χ1n) is 4.40. The van der Waals surface area contributed by atoms with Crippen LogP contribution in [-0.4, -0.2) is 11.7 Å². The number of carbonyl (C=O) groups excluding carboxylic acids is 2. The summed E-state index contributed by atoms with van der Waals surface area (Å²) < 4.78 is 0. The molecule has 0 saturated heterocycles. The summed E-state index contributed by atoms with van der Waals surface area (Å²) in [5, 5.41) is 4.00. The van der Waals surface area contributed by atoms with Crippen molar-refractivity contribution >= 4 is 17.4 Å². The van der Waals surface area contributed by atoms with Crippen molar-refractivity contribution in [3.05, 3.63) is 30.3 Å². The largest absolute Gasteiger partial charge is 0.299 e. The molecule has 0 saturated carbocycles. The van der Waals surface area contributed by atoms with Crippen LogP contribution >= 0.6 is 0 Å². The van der Waals surface area contributed by atoms with Crippen LogP contribution in [0.2, 0.25) is 0 Å². The first-order chi connectivity index (χ1) is 7.15. The summed E-state index contributed by atoms with van der Waals surface area (Å²) in [5.74, 6) is -0.742. The van der Waals surface area contributed by atoms with Crippen molar-refractivity contribution in [2.24, 2.45) is 5.22 Å². The lowest BCUT2D eigenvalue weighted by molar-refractivity contribution is -0.125. The smallest absolute Gasteiger partial charge is 0.256 e. The van der Waals surface area contributed by atoms with Gasteiger partial charge in [-0.1, -0.05) is 23.4 Å². The third kappa shape index (κ3) is 2.98. The van der Waals surface area contributed by atoms with Crippen LogP contribution in [-0.2, 0) is 9.59 Å². The summed E-state index contributed by atoms with van der Waals surface area (Å²) in [5.41, 5.74) is 7.38. The zero-order valence-electron chi connectivity index (χ0n) is 8.30. The molecule has 5 nitrogen and oxygen atoms in total. The highest BCUT2D eigenvalue weighted by Crippen LogP contribution is 2.14. The number of para-hydroxylation sites is 1. The quantitative estimate of drug-likeness (QED) is 0.463. The molecule has 0 bridgehead atoms. The minimum Gasteiger partial charge on any atom is -0.299 e. The SMILES string of the molecule is CC(=O)CC(=O)N(N=N)c1ccccc1. The molecule has 1 aromatic rings. The Morgan fingerprint density at radius 1 is 1.33 bits per heavy atom. The number of amides is 1. The minimum atomic E-state index is -0.497. The highest BCUT2D eigenvalue weighted by Gasteiger charge is 2.16. The summed E-state index contributed by atoms with van der Waals surface area (Å²) in [6, 6.07) is 8.55. The lowest BCUT2D eigenvalue weighted by Gasteiger charge is -2.13. The van der Waals surface area contributed by atoms with Gasteiger partial charge < -0.3 is 0 Å². The van der Waals surface area contributed by atoms with E-state index in [0.717, 1.165) is 5.01 Å². The monoisotopic (exact) mass is 205 g/mol. The molecule has 0 aliphatic heterocycles. The normalized spacial score (nSPS) is 9.40. The molecule has 1 amide bonds. The van der Waals surface area contributed by atoms with Crippen molar-refractivity contribution in [2.75, 3.05) is 5.01 Å². The van der Waals surface area contributed by atoms with E-state index >= 15 is 0 Å². The second-order valence-corrected chi connectivity index (χ2v) is 3.02. The topological polar surface area (TPSA) is 73.6 Å². The molecule has 5 heteroatoms. The fourth-order valence-corrected chi connectivity index (χ4v) is 1.11. The minimum absolute atomic E-state index is 0.239. The number of ketones is 1. The molecule has 0 heterocycles. The van der Waals surface area contributed by atoms with E-state index in [9.17, 15) is 9.59 Å². The Morgan fingerprint density at radius 3 is 2.40 bits per heavy atom. The van der Waals surface area contributed by atoms with Crippen molar-refractivity contribution in [3.63, 3.8) is 0 Å². The summed E-state index contributed by atoms with van der Waals surface area (Å²) in [6.45, 7) is 1.32. The van der Waals surface area contributed by atoms with E-state index in [4.69, 9.17) is 5.53 Å². The van der Waals surface area contributed by atoms with Crippen molar-refractivity contribution in [2.45, 2.75) is 13.3 Å². The maximum atomic E-state index is 11.5. The van der Waals surface area contributed by atoms with Crippen molar-refractivity contribution < 1.29 is 9.59 Å². The van der Waals surface area contributed by atoms with E-state index in [1.54, 1.807) is 30.3 Å². The molecule has 0 aliphatic carbocycles. The second kappa shape index (κ2) is 4.99. The van der Waals surface area contributed by atoms with E-state index in [2.05, 4.69) is 5.22 Å². The number of Topliss-reactive ketones (excluding diaryl/α,β-unsaturated/α-hetero) is 1. The van der Waals surface area contributed by atoms with Gasteiger partial charge >= 0.3 is 0 Å². The number of carbonyl (C=O) groups is 2. The van der Waals surface area contributed by atoms with E-state index < -0.39 is 5.91 Å². The number of benzene rings is 1. The van der Waals surface area contributed by atoms with E-state index in [-0.39, 0.29) is 12.2 Å². The fraction of sp³-hybridized carbons (Fsp3) is 0.200. The number of rotatable bonds is 4. The van der Waals surface area contributed by atoms with Gasteiger partial charge in [0.1, 0.15) is 5.78 Å². The third-order valence-electron chi connectivity index (χ3n) is 1.74. The maximum Gasteiger partial charge on any atom is 0.256 e. The summed E-state index contributed by atoms with van der Waals surface area (Å²) in [7, 11) is 0. The molecule has 0 radical (unpaired) electrons. The van der Waals surface area contributed by atoms with Gasteiger partial charge in [-0.25, -0.2) is 0 Å². The number of nitrogens with one attached hydrogen (secondary N) is 1.